The van der Waals surface area contributed by atoms with Crippen LogP contribution in [0.15, 0.2) is 53.4 Å². The van der Waals surface area contributed by atoms with Gasteiger partial charge in [0, 0.05) is 31.2 Å². The predicted molar refractivity (Wildman–Crippen MR) is 121 cm³/mol. The van der Waals surface area contributed by atoms with Gasteiger partial charge in [-0.05, 0) is 55.5 Å². The molecule has 2 fully saturated rings. The van der Waals surface area contributed by atoms with Crippen LogP contribution >= 0.6 is 11.6 Å². The van der Waals surface area contributed by atoms with Crippen molar-refractivity contribution in [3.8, 4) is 0 Å². The van der Waals surface area contributed by atoms with Crippen LogP contribution in [-0.2, 0) is 14.8 Å². The average molecular weight is 462 g/mol. The van der Waals surface area contributed by atoms with Gasteiger partial charge in [-0.1, -0.05) is 41.4 Å². The molecule has 0 aromatic heterocycles. The summed E-state index contributed by atoms with van der Waals surface area (Å²) >= 11 is 6.00. The number of hydrogen-bond donors (Lipinski definition) is 1. The number of carbonyl (C=O) groups is 1. The Labute approximate surface area is 189 Å². The van der Waals surface area contributed by atoms with Crippen molar-refractivity contribution in [2.75, 3.05) is 32.7 Å². The van der Waals surface area contributed by atoms with Gasteiger partial charge in [0.15, 0.2) is 0 Å². The molecule has 0 radical (unpaired) electrons. The number of sulfonamides is 1. The summed E-state index contributed by atoms with van der Waals surface area (Å²) in [6, 6.07) is 14.6. The van der Waals surface area contributed by atoms with E-state index in [2.05, 4.69) is 5.32 Å². The quantitative estimate of drug-likeness (QED) is 0.687. The molecule has 0 spiro atoms. The lowest BCUT2D eigenvalue weighted by atomic mass is 10.0. The van der Waals surface area contributed by atoms with E-state index in [1.54, 1.807) is 12.1 Å². The monoisotopic (exact) mass is 461 g/mol. The van der Waals surface area contributed by atoms with Gasteiger partial charge in [-0.2, -0.15) is 4.31 Å². The Hall–Kier alpha value is -1.93. The maximum atomic E-state index is 12.9. The molecular weight excluding hydrogens is 434 g/mol. The first-order chi connectivity index (χ1) is 14.8. The van der Waals surface area contributed by atoms with Gasteiger partial charge in [-0.15, -0.1) is 0 Å². The molecule has 1 unspecified atom stereocenters. The van der Waals surface area contributed by atoms with E-state index in [0.717, 1.165) is 24.0 Å². The fourth-order valence-corrected chi connectivity index (χ4v) is 5.53. The molecule has 1 heterocycles. The van der Waals surface area contributed by atoms with E-state index < -0.39 is 10.0 Å². The Morgan fingerprint density at radius 2 is 1.65 bits per heavy atom. The van der Waals surface area contributed by atoms with Crippen molar-refractivity contribution >= 4 is 27.5 Å². The number of nitrogens with one attached hydrogen (secondary N) is 1. The van der Waals surface area contributed by atoms with E-state index in [0.29, 0.717) is 42.0 Å². The topological polar surface area (TPSA) is 69.7 Å². The largest absolute Gasteiger partial charge is 0.348 e. The molecule has 1 N–H and O–H groups in total. The molecule has 1 amide bonds. The van der Waals surface area contributed by atoms with Crippen molar-refractivity contribution < 1.29 is 13.2 Å². The third-order valence-corrected chi connectivity index (χ3v) is 8.16. The van der Waals surface area contributed by atoms with E-state index in [1.165, 1.54) is 4.31 Å². The van der Waals surface area contributed by atoms with Crippen LogP contribution < -0.4 is 5.32 Å². The van der Waals surface area contributed by atoms with Crippen molar-refractivity contribution in [2.24, 2.45) is 5.92 Å². The number of amides is 1. The minimum absolute atomic E-state index is 0.00738. The molecule has 166 valence electrons. The van der Waals surface area contributed by atoms with E-state index in [1.807, 2.05) is 48.2 Å². The zero-order chi connectivity index (χ0) is 22.0. The van der Waals surface area contributed by atoms with Gasteiger partial charge in [-0.25, -0.2) is 8.42 Å². The second-order valence-electron chi connectivity index (χ2n) is 8.43. The number of nitrogens with zero attached hydrogens (tertiary/aromatic N) is 2. The molecule has 2 aliphatic rings. The fourth-order valence-electron chi connectivity index (χ4n) is 3.98. The Balaban J connectivity index is 1.31. The maximum Gasteiger partial charge on any atom is 0.243 e. The lowest BCUT2D eigenvalue weighted by Crippen LogP contribution is -2.51. The summed E-state index contributed by atoms with van der Waals surface area (Å²) < 4.78 is 27.2. The number of piperazine rings is 1. The van der Waals surface area contributed by atoms with Gasteiger partial charge in [0.05, 0.1) is 17.5 Å². The second kappa shape index (κ2) is 9.28. The standard InChI is InChI=1S/C23H28ClN3O3S/c1-17-2-10-21(11-3-17)31(29,30)27-14-12-26(13-15-27)16-22(28)25-23(18-4-5-18)19-6-8-20(24)9-7-19/h2-3,6-11,18,23H,4-5,12-16H2,1H3,(H,25,28). The van der Waals surface area contributed by atoms with Gasteiger partial charge in [0.1, 0.15) is 0 Å². The molecule has 0 bridgehead atoms. The summed E-state index contributed by atoms with van der Waals surface area (Å²) in [5.74, 6) is 0.448. The highest BCUT2D eigenvalue weighted by molar-refractivity contribution is 7.89. The fraction of sp³-hybridized carbons (Fsp3) is 0.435. The Kier molecular flexibility index (Phi) is 6.67. The average Bonchev–Trinajstić information content (AvgIpc) is 3.59. The van der Waals surface area contributed by atoms with Crippen LogP contribution in [0.25, 0.3) is 0 Å². The maximum absolute atomic E-state index is 12.9. The zero-order valence-electron chi connectivity index (χ0n) is 17.6. The summed E-state index contributed by atoms with van der Waals surface area (Å²) in [5, 5.41) is 3.86. The molecule has 6 nitrogen and oxygen atoms in total. The number of aryl methyl sites for hydroxylation is 1. The van der Waals surface area contributed by atoms with E-state index in [-0.39, 0.29) is 18.5 Å². The predicted octanol–water partition coefficient (Wildman–Crippen LogP) is 3.22. The highest BCUT2D eigenvalue weighted by Gasteiger charge is 2.34. The van der Waals surface area contributed by atoms with Gasteiger partial charge >= 0.3 is 0 Å². The zero-order valence-corrected chi connectivity index (χ0v) is 19.2. The SMILES string of the molecule is Cc1ccc(S(=O)(=O)N2CCN(CC(=O)NC(c3ccc(Cl)cc3)C3CC3)CC2)cc1. The molecular formula is C23H28ClN3O3S. The first kappa shape index (κ1) is 22.3. The van der Waals surface area contributed by atoms with Gasteiger partial charge in [0.25, 0.3) is 0 Å². The molecule has 1 saturated carbocycles. The molecule has 1 saturated heterocycles. The minimum Gasteiger partial charge on any atom is -0.348 e. The number of hydrogen-bond acceptors (Lipinski definition) is 4. The first-order valence-corrected chi connectivity index (χ1v) is 12.5. The van der Waals surface area contributed by atoms with Crippen LogP contribution in [0.5, 0.6) is 0 Å². The molecule has 31 heavy (non-hydrogen) atoms. The van der Waals surface area contributed by atoms with Crippen LogP contribution in [0, 0.1) is 12.8 Å². The van der Waals surface area contributed by atoms with Gasteiger partial charge in [0.2, 0.25) is 15.9 Å². The molecule has 1 aliphatic heterocycles. The molecule has 1 aliphatic carbocycles. The number of rotatable bonds is 7. The molecule has 2 aromatic carbocycles. The summed E-state index contributed by atoms with van der Waals surface area (Å²) in [6.07, 6.45) is 2.23. The normalized spacial score (nSPS) is 19.2. The summed E-state index contributed by atoms with van der Waals surface area (Å²) in [5.41, 5.74) is 2.10. The molecule has 2 aromatic rings. The van der Waals surface area contributed by atoms with Crippen molar-refractivity contribution in [3.05, 3.63) is 64.7 Å². The first-order valence-electron chi connectivity index (χ1n) is 10.7. The number of carbonyl (C=O) groups excluding carboxylic acids is 1. The van der Waals surface area contributed by atoms with Crippen LogP contribution in [0.2, 0.25) is 5.02 Å². The highest BCUT2D eigenvalue weighted by atomic mass is 35.5. The van der Waals surface area contributed by atoms with E-state index in [9.17, 15) is 13.2 Å². The summed E-state index contributed by atoms with van der Waals surface area (Å²) in [6.45, 7) is 4.04. The lowest BCUT2D eigenvalue weighted by Gasteiger charge is -2.34. The Morgan fingerprint density at radius 1 is 1.03 bits per heavy atom. The third kappa shape index (κ3) is 5.47. The lowest BCUT2D eigenvalue weighted by molar-refractivity contribution is -0.123. The van der Waals surface area contributed by atoms with Crippen molar-refractivity contribution in [3.63, 3.8) is 0 Å². The van der Waals surface area contributed by atoms with Crippen LogP contribution in [0.4, 0.5) is 0 Å². The Morgan fingerprint density at radius 3 is 2.23 bits per heavy atom. The highest BCUT2D eigenvalue weighted by Crippen LogP contribution is 2.41. The molecule has 1 atom stereocenters. The molecule has 4 rings (SSSR count). The van der Waals surface area contributed by atoms with Crippen LogP contribution in [0.1, 0.15) is 30.0 Å². The summed E-state index contributed by atoms with van der Waals surface area (Å²) in [4.78, 5) is 15.1. The smallest absolute Gasteiger partial charge is 0.243 e. The molecule has 8 heteroatoms. The van der Waals surface area contributed by atoms with E-state index in [4.69, 9.17) is 11.6 Å². The van der Waals surface area contributed by atoms with Crippen LogP contribution in [0.3, 0.4) is 0 Å². The minimum atomic E-state index is -3.50. The third-order valence-electron chi connectivity index (χ3n) is 6.00. The van der Waals surface area contributed by atoms with Crippen LogP contribution in [-0.4, -0.2) is 56.3 Å². The van der Waals surface area contributed by atoms with Gasteiger partial charge in [-0.3, -0.25) is 9.69 Å². The van der Waals surface area contributed by atoms with E-state index >= 15 is 0 Å². The van der Waals surface area contributed by atoms with Crippen molar-refractivity contribution in [1.29, 1.82) is 0 Å². The number of halogens is 1. The van der Waals surface area contributed by atoms with Gasteiger partial charge < -0.3 is 5.32 Å². The second-order valence-corrected chi connectivity index (χ2v) is 10.8. The Bertz CT molecular complexity index is 1010. The van der Waals surface area contributed by atoms with Crippen molar-refractivity contribution in [2.45, 2.75) is 30.7 Å². The van der Waals surface area contributed by atoms with Crippen molar-refractivity contribution in [1.82, 2.24) is 14.5 Å². The number of benzene rings is 2. The summed E-state index contributed by atoms with van der Waals surface area (Å²) in [7, 11) is -3.50.